The molecule has 1 saturated heterocycles. The van der Waals surface area contributed by atoms with Gasteiger partial charge in [-0.1, -0.05) is 35.5 Å². The minimum Gasteiger partial charge on any atom is -0.431 e. The molecule has 5 rings (SSSR count). The lowest BCUT2D eigenvalue weighted by atomic mass is 10.1. The standard InChI is InChI=1S/C26H23ClN4O3S/c27-19-7-5-18(6-8-19)25(33)31-15-13-30(14-16-31)21-11-9-20(10-12-21)28-24(32)17-35-26-29-22-3-1-2-4-23(22)34-26/h1-12H,13-17H2,(H,28,32). The van der Waals surface area contributed by atoms with Crippen LogP contribution in [0.5, 0.6) is 0 Å². The number of thioether (sulfide) groups is 1. The van der Waals surface area contributed by atoms with Crippen LogP contribution >= 0.6 is 23.4 Å². The Morgan fingerprint density at radius 2 is 1.66 bits per heavy atom. The van der Waals surface area contributed by atoms with Crippen molar-refractivity contribution in [3.63, 3.8) is 0 Å². The van der Waals surface area contributed by atoms with E-state index in [-0.39, 0.29) is 17.6 Å². The van der Waals surface area contributed by atoms with E-state index in [1.54, 1.807) is 24.3 Å². The quantitative estimate of drug-likeness (QED) is 0.363. The Morgan fingerprint density at radius 3 is 2.37 bits per heavy atom. The van der Waals surface area contributed by atoms with Crippen LogP contribution in [0.2, 0.25) is 5.02 Å². The van der Waals surface area contributed by atoms with Crippen molar-refractivity contribution in [3.05, 3.63) is 83.4 Å². The van der Waals surface area contributed by atoms with Gasteiger partial charge in [0.25, 0.3) is 11.1 Å². The molecule has 1 aliphatic rings. The first-order valence-electron chi connectivity index (χ1n) is 11.2. The molecule has 0 atom stereocenters. The van der Waals surface area contributed by atoms with Crippen molar-refractivity contribution in [1.29, 1.82) is 0 Å². The minimum atomic E-state index is -0.126. The van der Waals surface area contributed by atoms with Gasteiger partial charge in [0.15, 0.2) is 5.58 Å². The largest absolute Gasteiger partial charge is 0.431 e. The van der Waals surface area contributed by atoms with Gasteiger partial charge >= 0.3 is 0 Å². The Labute approximate surface area is 212 Å². The van der Waals surface area contributed by atoms with Crippen molar-refractivity contribution in [2.24, 2.45) is 0 Å². The molecule has 2 amide bonds. The zero-order chi connectivity index (χ0) is 24.2. The molecular formula is C26H23ClN4O3S. The maximum absolute atomic E-state index is 12.7. The van der Waals surface area contributed by atoms with E-state index in [9.17, 15) is 9.59 Å². The lowest BCUT2D eigenvalue weighted by molar-refractivity contribution is -0.113. The number of nitrogens with zero attached hydrogens (tertiary/aromatic N) is 3. The predicted octanol–water partition coefficient (Wildman–Crippen LogP) is 5.17. The molecule has 0 unspecified atom stereocenters. The number of oxazole rings is 1. The highest BCUT2D eigenvalue weighted by molar-refractivity contribution is 7.99. The molecule has 0 radical (unpaired) electrons. The van der Waals surface area contributed by atoms with Gasteiger partial charge in [-0.25, -0.2) is 4.98 Å². The number of rotatable bonds is 6. The molecule has 1 aliphatic heterocycles. The summed E-state index contributed by atoms with van der Waals surface area (Å²) in [5.41, 5.74) is 3.93. The third kappa shape index (κ3) is 5.61. The molecule has 0 aliphatic carbocycles. The monoisotopic (exact) mass is 506 g/mol. The minimum absolute atomic E-state index is 0.0232. The maximum Gasteiger partial charge on any atom is 0.257 e. The van der Waals surface area contributed by atoms with Crippen molar-refractivity contribution >= 4 is 57.7 Å². The van der Waals surface area contributed by atoms with E-state index in [4.69, 9.17) is 16.0 Å². The highest BCUT2D eigenvalue weighted by Gasteiger charge is 2.22. The fourth-order valence-electron chi connectivity index (χ4n) is 3.94. The van der Waals surface area contributed by atoms with Gasteiger partial charge in [-0.05, 0) is 60.7 Å². The SMILES string of the molecule is O=C(CSc1nc2ccccc2o1)Nc1ccc(N2CCN(C(=O)c3ccc(Cl)cc3)CC2)cc1. The average molecular weight is 507 g/mol. The van der Waals surface area contributed by atoms with Crippen LogP contribution in [0.25, 0.3) is 11.1 Å². The Bertz CT molecular complexity index is 1300. The van der Waals surface area contributed by atoms with E-state index in [1.807, 2.05) is 53.4 Å². The van der Waals surface area contributed by atoms with Gasteiger partial charge in [0.1, 0.15) is 5.52 Å². The Kier molecular flexibility index (Phi) is 6.92. The summed E-state index contributed by atoms with van der Waals surface area (Å²) in [5.74, 6) is 0.104. The summed E-state index contributed by atoms with van der Waals surface area (Å²) < 4.78 is 5.64. The number of carbonyl (C=O) groups is 2. The van der Waals surface area contributed by atoms with Crippen LogP contribution in [0.15, 0.2) is 82.4 Å². The second-order valence-corrected chi connectivity index (χ2v) is 9.48. The van der Waals surface area contributed by atoms with Gasteiger partial charge in [0.05, 0.1) is 5.75 Å². The summed E-state index contributed by atoms with van der Waals surface area (Å²) in [4.78, 5) is 33.5. The van der Waals surface area contributed by atoms with Crippen LogP contribution in [-0.4, -0.2) is 53.6 Å². The molecule has 1 N–H and O–H groups in total. The molecule has 0 spiro atoms. The van der Waals surface area contributed by atoms with E-state index in [0.717, 1.165) is 30.0 Å². The molecule has 0 saturated carbocycles. The fourth-order valence-corrected chi connectivity index (χ4v) is 4.70. The van der Waals surface area contributed by atoms with Crippen molar-refractivity contribution < 1.29 is 14.0 Å². The Morgan fingerprint density at radius 1 is 0.943 bits per heavy atom. The van der Waals surface area contributed by atoms with Crippen LogP contribution in [0.4, 0.5) is 11.4 Å². The van der Waals surface area contributed by atoms with Gasteiger partial charge in [0.2, 0.25) is 5.91 Å². The summed E-state index contributed by atoms with van der Waals surface area (Å²) in [6, 6.07) is 22.3. The van der Waals surface area contributed by atoms with Gasteiger partial charge < -0.3 is 19.5 Å². The van der Waals surface area contributed by atoms with E-state index in [2.05, 4.69) is 15.2 Å². The molecule has 178 valence electrons. The summed E-state index contributed by atoms with van der Waals surface area (Å²) in [7, 11) is 0. The lowest BCUT2D eigenvalue weighted by Gasteiger charge is -2.36. The van der Waals surface area contributed by atoms with Gasteiger partial charge in [-0.2, -0.15) is 0 Å². The second-order valence-electron chi connectivity index (χ2n) is 8.12. The van der Waals surface area contributed by atoms with Crippen molar-refractivity contribution in [2.45, 2.75) is 5.22 Å². The highest BCUT2D eigenvalue weighted by atomic mass is 35.5. The summed E-state index contributed by atoms with van der Waals surface area (Å²) in [5, 5.41) is 4.01. The first kappa shape index (κ1) is 23.3. The number of halogens is 1. The number of amides is 2. The number of hydrogen-bond acceptors (Lipinski definition) is 6. The fraction of sp³-hybridized carbons (Fsp3) is 0.192. The van der Waals surface area contributed by atoms with Crippen molar-refractivity contribution in [3.8, 4) is 0 Å². The Balaban J connectivity index is 1.10. The van der Waals surface area contributed by atoms with E-state index in [0.29, 0.717) is 34.5 Å². The molecule has 3 aromatic carbocycles. The lowest BCUT2D eigenvalue weighted by Crippen LogP contribution is -2.48. The summed E-state index contributed by atoms with van der Waals surface area (Å²) in [6.45, 7) is 2.78. The first-order valence-corrected chi connectivity index (χ1v) is 12.6. The summed E-state index contributed by atoms with van der Waals surface area (Å²) in [6.07, 6.45) is 0. The maximum atomic E-state index is 12.7. The van der Waals surface area contributed by atoms with Gasteiger partial charge in [0, 0.05) is 48.1 Å². The molecule has 4 aromatic rings. The van der Waals surface area contributed by atoms with Crippen LogP contribution in [-0.2, 0) is 4.79 Å². The molecule has 1 aromatic heterocycles. The molecule has 2 heterocycles. The van der Waals surface area contributed by atoms with Crippen molar-refractivity contribution in [1.82, 2.24) is 9.88 Å². The Hall–Kier alpha value is -3.49. The number of aromatic nitrogens is 1. The number of piperazine rings is 1. The van der Waals surface area contributed by atoms with Crippen LogP contribution in [0, 0.1) is 0 Å². The number of para-hydroxylation sites is 2. The zero-order valence-corrected chi connectivity index (χ0v) is 20.4. The van der Waals surface area contributed by atoms with Crippen LogP contribution in [0.1, 0.15) is 10.4 Å². The zero-order valence-electron chi connectivity index (χ0n) is 18.8. The van der Waals surface area contributed by atoms with Gasteiger partial charge in [-0.3, -0.25) is 9.59 Å². The third-order valence-electron chi connectivity index (χ3n) is 5.78. The number of hydrogen-bond donors (Lipinski definition) is 1. The normalized spacial score (nSPS) is 13.7. The van der Waals surface area contributed by atoms with Crippen LogP contribution < -0.4 is 10.2 Å². The van der Waals surface area contributed by atoms with Crippen molar-refractivity contribution in [2.75, 3.05) is 42.1 Å². The number of benzene rings is 3. The third-order valence-corrected chi connectivity index (χ3v) is 6.86. The number of fused-ring (bicyclic) bond motifs is 1. The number of nitrogens with one attached hydrogen (secondary N) is 1. The molecule has 0 bridgehead atoms. The molecule has 7 nitrogen and oxygen atoms in total. The van der Waals surface area contributed by atoms with Crippen LogP contribution in [0.3, 0.4) is 0 Å². The summed E-state index contributed by atoms with van der Waals surface area (Å²) >= 11 is 7.18. The van der Waals surface area contributed by atoms with E-state index >= 15 is 0 Å². The second kappa shape index (κ2) is 10.4. The first-order chi connectivity index (χ1) is 17.0. The number of carbonyl (C=O) groups excluding carboxylic acids is 2. The molecular weight excluding hydrogens is 484 g/mol. The smallest absolute Gasteiger partial charge is 0.257 e. The van der Waals surface area contributed by atoms with E-state index < -0.39 is 0 Å². The number of anilines is 2. The average Bonchev–Trinajstić information content (AvgIpc) is 3.31. The highest BCUT2D eigenvalue weighted by Crippen LogP contribution is 2.24. The van der Waals surface area contributed by atoms with E-state index in [1.165, 1.54) is 11.8 Å². The predicted molar refractivity (Wildman–Crippen MR) is 139 cm³/mol. The topological polar surface area (TPSA) is 78.7 Å². The molecule has 35 heavy (non-hydrogen) atoms. The van der Waals surface area contributed by atoms with Gasteiger partial charge in [-0.15, -0.1) is 0 Å². The molecule has 1 fully saturated rings. The molecule has 9 heteroatoms.